The minimum absolute atomic E-state index is 0.117. The van der Waals surface area contributed by atoms with Gasteiger partial charge in [-0.3, -0.25) is 9.59 Å². The summed E-state index contributed by atoms with van der Waals surface area (Å²) >= 11 is 0. The third-order valence-corrected chi connectivity index (χ3v) is 7.26. The molecule has 0 bridgehead atoms. The fourth-order valence-electron chi connectivity index (χ4n) is 3.59. The molecule has 1 aliphatic rings. The zero-order valence-electron chi connectivity index (χ0n) is 17.9. The molecule has 2 amide bonds. The normalized spacial score (nSPS) is 17.2. The van der Waals surface area contributed by atoms with Crippen molar-refractivity contribution in [2.75, 3.05) is 25.0 Å². The van der Waals surface area contributed by atoms with E-state index in [-0.39, 0.29) is 23.3 Å². The molecule has 2 N–H and O–H groups in total. The number of carbonyl (C=O) groups excluding carboxylic acids is 2. The second kappa shape index (κ2) is 10.1. The summed E-state index contributed by atoms with van der Waals surface area (Å²) in [5.41, 5.74) is 1.81. The Balaban J connectivity index is 1.72. The highest BCUT2D eigenvalue weighted by Gasteiger charge is 2.33. The summed E-state index contributed by atoms with van der Waals surface area (Å²) in [7, 11) is -3.66. The van der Waals surface area contributed by atoms with Crippen molar-refractivity contribution in [3.63, 3.8) is 0 Å². The van der Waals surface area contributed by atoms with Crippen LogP contribution in [0.25, 0.3) is 0 Å². The number of amides is 2. The Morgan fingerprint density at radius 2 is 1.81 bits per heavy atom. The van der Waals surface area contributed by atoms with Gasteiger partial charge in [-0.25, -0.2) is 8.42 Å². The van der Waals surface area contributed by atoms with E-state index in [9.17, 15) is 18.0 Å². The molecule has 0 unspecified atom stereocenters. The lowest BCUT2D eigenvalue weighted by atomic mass is 9.98. The van der Waals surface area contributed by atoms with Crippen LogP contribution < -0.4 is 10.6 Å². The number of piperidine rings is 1. The smallest absolute Gasteiger partial charge is 0.253 e. The topological polar surface area (TPSA) is 95.6 Å². The van der Waals surface area contributed by atoms with Crippen LogP contribution >= 0.6 is 0 Å². The number of rotatable bonds is 7. The van der Waals surface area contributed by atoms with E-state index in [1.165, 1.54) is 4.31 Å². The second-order valence-electron chi connectivity index (χ2n) is 7.81. The lowest BCUT2D eigenvalue weighted by Crippen LogP contribution is -2.43. The van der Waals surface area contributed by atoms with Crippen molar-refractivity contribution in [2.24, 2.45) is 5.92 Å². The van der Waals surface area contributed by atoms with E-state index in [1.54, 1.807) is 48.5 Å². The number of para-hydroxylation sites is 1. The summed E-state index contributed by atoms with van der Waals surface area (Å²) in [5, 5.41) is 5.65. The van der Waals surface area contributed by atoms with Crippen molar-refractivity contribution in [3.8, 4) is 0 Å². The molecule has 0 radical (unpaired) electrons. The highest BCUT2D eigenvalue weighted by Crippen LogP contribution is 2.25. The molecule has 1 atom stereocenters. The number of hydrogen-bond donors (Lipinski definition) is 2. The Morgan fingerprint density at radius 1 is 1.10 bits per heavy atom. The van der Waals surface area contributed by atoms with Gasteiger partial charge in [0.05, 0.1) is 22.1 Å². The average molecular weight is 444 g/mol. The monoisotopic (exact) mass is 443 g/mol. The van der Waals surface area contributed by atoms with Crippen molar-refractivity contribution in [1.29, 1.82) is 0 Å². The summed E-state index contributed by atoms with van der Waals surface area (Å²) in [5.74, 6) is -1.01. The number of carbonyl (C=O) groups is 2. The van der Waals surface area contributed by atoms with Crippen LogP contribution in [0.3, 0.4) is 0 Å². The van der Waals surface area contributed by atoms with Gasteiger partial charge >= 0.3 is 0 Å². The molecule has 2 aromatic carbocycles. The average Bonchev–Trinajstić information content (AvgIpc) is 2.78. The van der Waals surface area contributed by atoms with Crippen LogP contribution in [0.4, 0.5) is 5.69 Å². The first kappa shape index (κ1) is 23.0. The van der Waals surface area contributed by atoms with Crippen LogP contribution in [0.5, 0.6) is 0 Å². The number of nitrogens with zero attached hydrogens (tertiary/aromatic N) is 1. The molecule has 1 heterocycles. The second-order valence-corrected chi connectivity index (χ2v) is 9.74. The molecule has 1 aliphatic heterocycles. The lowest BCUT2D eigenvalue weighted by molar-refractivity contribution is -0.120. The Morgan fingerprint density at radius 3 is 2.52 bits per heavy atom. The Labute approximate surface area is 183 Å². The predicted octanol–water partition coefficient (Wildman–Crippen LogP) is 3.17. The van der Waals surface area contributed by atoms with Gasteiger partial charge in [0, 0.05) is 19.6 Å². The number of hydrogen-bond acceptors (Lipinski definition) is 4. The fourth-order valence-corrected chi connectivity index (χ4v) is 5.12. The van der Waals surface area contributed by atoms with Crippen molar-refractivity contribution in [2.45, 2.75) is 38.0 Å². The molecule has 3 rings (SSSR count). The first-order valence-corrected chi connectivity index (χ1v) is 12.0. The standard InChI is InChI=1S/C23H29N3O4S/c1-3-14-24-23(28)20-8-4-5-9-21(20)25-22(27)18-7-6-15-26(16-18)31(29,30)19-12-10-17(2)11-13-19/h4-5,8-13,18H,3,6-7,14-16H2,1-2H3,(H,24,28)(H,25,27)/t18-/m0/s1. The van der Waals surface area contributed by atoms with E-state index >= 15 is 0 Å². The van der Waals surface area contributed by atoms with Gasteiger partial charge < -0.3 is 10.6 Å². The van der Waals surface area contributed by atoms with Crippen molar-refractivity contribution in [1.82, 2.24) is 9.62 Å². The van der Waals surface area contributed by atoms with Crippen molar-refractivity contribution in [3.05, 3.63) is 59.7 Å². The van der Waals surface area contributed by atoms with E-state index in [4.69, 9.17) is 0 Å². The van der Waals surface area contributed by atoms with Gasteiger partial charge in [-0.1, -0.05) is 36.8 Å². The minimum Gasteiger partial charge on any atom is -0.352 e. The van der Waals surface area contributed by atoms with Crippen LogP contribution in [-0.2, 0) is 14.8 Å². The minimum atomic E-state index is -3.66. The molecule has 0 spiro atoms. The SMILES string of the molecule is CCCNC(=O)c1ccccc1NC(=O)[C@H]1CCCN(S(=O)(=O)c2ccc(C)cc2)C1. The van der Waals surface area contributed by atoms with E-state index in [2.05, 4.69) is 10.6 Å². The molecule has 2 aromatic rings. The van der Waals surface area contributed by atoms with Crippen LogP contribution in [0.15, 0.2) is 53.4 Å². The largest absolute Gasteiger partial charge is 0.352 e. The molecule has 7 nitrogen and oxygen atoms in total. The summed E-state index contributed by atoms with van der Waals surface area (Å²) in [6.07, 6.45) is 2.01. The van der Waals surface area contributed by atoms with Gasteiger partial charge in [0.1, 0.15) is 0 Å². The number of benzene rings is 2. The van der Waals surface area contributed by atoms with Gasteiger partial charge in [-0.2, -0.15) is 4.31 Å². The maximum Gasteiger partial charge on any atom is 0.253 e. The lowest BCUT2D eigenvalue weighted by Gasteiger charge is -2.31. The first-order valence-electron chi connectivity index (χ1n) is 10.6. The van der Waals surface area contributed by atoms with Crippen molar-refractivity contribution < 1.29 is 18.0 Å². The van der Waals surface area contributed by atoms with E-state index in [0.29, 0.717) is 37.2 Å². The van der Waals surface area contributed by atoms with E-state index in [1.807, 2.05) is 13.8 Å². The molecule has 1 fully saturated rings. The molecule has 31 heavy (non-hydrogen) atoms. The summed E-state index contributed by atoms with van der Waals surface area (Å²) in [6, 6.07) is 13.6. The maximum atomic E-state index is 13.0. The molecule has 0 saturated carbocycles. The first-order chi connectivity index (χ1) is 14.8. The third-order valence-electron chi connectivity index (χ3n) is 5.38. The Hall–Kier alpha value is -2.71. The van der Waals surface area contributed by atoms with E-state index in [0.717, 1.165) is 12.0 Å². The highest BCUT2D eigenvalue weighted by molar-refractivity contribution is 7.89. The maximum absolute atomic E-state index is 13.0. The molecular formula is C23H29N3O4S. The van der Waals surface area contributed by atoms with Gasteiger partial charge in [0.2, 0.25) is 15.9 Å². The number of nitrogens with one attached hydrogen (secondary N) is 2. The van der Waals surface area contributed by atoms with Crippen LogP contribution in [0.1, 0.15) is 42.1 Å². The van der Waals surface area contributed by atoms with Gasteiger partial charge in [-0.05, 0) is 50.5 Å². The highest BCUT2D eigenvalue weighted by atomic mass is 32.2. The Kier molecular flexibility index (Phi) is 7.46. The quantitative estimate of drug-likeness (QED) is 0.687. The van der Waals surface area contributed by atoms with Gasteiger partial charge in [0.15, 0.2) is 0 Å². The Bertz CT molecular complexity index is 1040. The molecule has 1 saturated heterocycles. The van der Waals surface area contributed by atoms with E-state index < -0.39 is 15.9 Å². The van der Waals surface area contributed by atoms with Gasteiger partial charge in [0.25, 0.3) is 5.91 Å². The van der Waals surface area contributed by atoms with Crippen molar-refractivity contribution >= 4 is 27.5 Å². The molecular weight excluding hydrogens is 414 g/mol. The zero-order valence-corrected chi connectivity index (χ0v) is 18.7. The third kappa shape index (κ3) is 5.51. The van der Waals surface area contributed by atoms with Gasteiger partial charge in [-0.15, -0.1) is 0 Å². The fraction of sp³-hybridized carbons (Fsp3) is 0.391. The number of sulfonamides is 1. The zero-order chi connectivity index (χ0) is 22.4. The molecule has 0 aliphatic carbocycles. The van der Waals surface area contributed by atoms with Crippen LogP contribution in [0, 0.1) is 12.8 Å². The summed E-state index contributed by atoms with van der Waals surface area (Å²) in [6.45, 7) is 4.92. The summed E-state index contributed by atoms with van der Waals surface area (Å²) < 4.78 is 27.4. The summed E-state index contributed by atoms with van der Waals surface area (Å²) in [4.78, 5) is 25.6. The molecule has 166 valence electrons. The molecule has 0 aromatic heterocycles. The number of aryl methyl sites for hydroxylation is 1. The predicted molar refractivity (Wildman–Crippen MR) is 120 cm³/mol. The molecule has 8 heteroatoms. The van der Waals surface area contributed by atoms with Crippen LogP contribution in [0.2, 0.25) is 0 Å². The van der Waals surface area contributed by atoms with Crippen LogP contribution in [-0.4, -0.2) is 44.2 Å². The number of anilines is 1.